The molecule has 1 unspecified atom stereocenters. The summed E-state index contributed by atoms with van der Waals surface area (Å²) in [6, 6.07) is -1.16. The quantitative estimate of drug-likeness (QED) is 0.815. The zero-order chi connectivity index (χ0) is 14.8. The number of hydrogen-bond donors (Lipinski definition) is 2. The highest BCUT2D eigenvalue weighted by Gasteiger charge is 2.36. The zero-order valence-electron chi connectivity index (χ0n) is 12.3. The van der Waals surface area contributed by atoms with Crippen molar-refractivity contribution in [2.24, 2.45) is 5.41 Å². The van der Waals surface area contributed by atoms with Gasteiger partial charge in [-0.3, -0.25) is 0 Å². The number of thioether (sulfide) groups is 1. The number of nitrogens with one attached hydrogen (secondary N) is 1. The minimum Gasteiger partial charge on any atom is -0.480 e. The largest absolute Gasteiger partial charge is 0.480 e. The summed E-state index contributed by atoms with van der Waals surface area (Å²) in [6.07, 6.45) is 0. The summed E-state index contributed by atoms with van der Waals surface area (Å²) in [7, 11) is 0. The molecule has 0 radical (unpaired) electrons. The summed E-state index contributed by atoms with van der Waals surface area (Å²) in [4.78, 5) is 25.2. The molecule has 0 aromatic heterocycles. The first kappa shape index (κ1) is 16.1. The molecule has 0 saturated carbocycles. The fourth-order valence-electron chi connectivity index (χ4n) is 2.05. The monoisotopic (exact) mass is 288 g/mol. The molecule has 0 bridgehead atoms. The SMILES string of the molecule is CC1(C)CN(C(=O)NC(C(=O)O)C(C)(C)C)CCS1. The van der Waals surface area contributed by atoms with Crippen LogP contribution in [0.4, 0.5) is 4.79 Å². The first-order valence-electron chi connectivity index (χ1n) is 6.45. The molecule has 1 heterocycles. The van der Waals surface area contributed by atoms with Crippen molar-refractivity contribution in [2.75, 3.05) is 18.8 Å². The van der Waals surface area contributed by atoms with Gasteiger partial charge in [-0.15, -0.1) is 0 Å². The average molecular weight is 288 g/mol. The van der Waals surface area contributed by atoms with Crippen molar-refractivity contribution < 1.29 is 14.7 Å². The van der Waals surface area contributed by atoms with Gasteiger partial charge in [0.2, 0.25) is 0 Å². The third kappa shape index (κ3) is 4.60. The second-order valence-corrected chi connectivity index (χ2v) is 8.42. The van der Waals surface area contributed by atoms with E-state index in [0.717, 1.165) is 5.75 Å². The van der Waals surface area contributed by atoms with E-state index in [9.17, 15) is 14.7 Å². The Morgan fingerprint density at radius 2 is 1.95 bits per heavy atom. The van der Waals surface area contributed by atoms with Crippen LogP contribution in [-0.4, -0.2) is 51.6 Å². The molecular weight excluding hydrogens is 264 g/mol. The molecule has 1 atom stereocenters. The molecule has 1 aliphatic rings. The zero-order valence-corrected chi connectivity index (χ0v) is 13.1. The topological polar surface area (TPSA) is 69.6 Å². The Balaban J connectivity index is 2.70. The number of aliphatic carboxylic acids is 1. The lowest BCUT2D eigenvalue weighted by Crippen LogP contribution is -2.56. The molecule has 2 N–H and O–H groups in total. The summed E-state index contributed by atoms with van der Waals surface area (Å²) in [5.74, 6) is -0.111. The number of urea groups is 1. The van der Waals surface area contributed by atoms with Gasteiger partial charge in [-0.1, -0.05) is 20.8 Å². The smallest absolute Gasteiger partial charge is 0.326 e. The summed E-state index contributed by atoms with van der Waals surface area (Å²) in [6.45, 7) is 10.9. The lowest BCUT2D eigenvalue weighted by atomic mass is 9.87. The normalized spacial score (nSPS) is 20.8. The van der Waals surface area contributed by atoms with E-state index in [-0.39, 0.29) is 10.8 Å². The molecule has 1 saturated heterocycles. The van der Waals surface area contributed by atoms with Gasteiger partial charge in [0, 0.05) is 23.6 Å². The molecular formula is C13H24N2O3S. The number of rotatable bonds is 2. The molecule has 0 aromatic rings. The van der Waals surface area contributed by atoms with Gasteiger partial charge < -0.3 is 15.3 Å². The molecule has 110 valence electrons. The van der Waals surface area contributed by atoms with Crippen LogP contribution in [0.2, 0.25) is 0 Å². The van der Waals surface area contributed by atoms with Gasteiger partial charge in [-0.25, -0.2) is 9.59 Å². The lowest BCUT2D eigenvalue weighted by Gasteiger charge is -2.38. The number of hydrogen-bond acceptors (Lipinski definition) is 3. The van der Waals surface area contributed by atoms with E-state index in [0.29, 0.717) is 13.1 Å². The Morgan fingerprint density at radius 3 is 2.37 bits per heavy atom. The Bertz CT molecular complexity index is 363. The van der Waals surface area contributed by atoms with Crippen LogP contribution >= 0.6 is 11.8 Å². The van der Waals surface area contributed by atoms with Crippen molar-refractivity contribution in [3.8, 4) is 0 Å². The van der Waals surface area contributed by atoms with Gasteiger partial charge >= 0.3 is 12.0 Å². The third-order valence-corrected chi connectivity index (χ3v) is 4.39. The molecule has 1 fully saturated rings. The van der Waals surface area contributed by atoms with Crippen LogP contribution in [0.1, 0.15) is 34.6 Å². The molecule has 0 spiro atoms. The highest BCUT2D eigenvalue weighted by atomic mass is 32.2. The molecule has 0 aromatic carbocycles. The van der Waals surface area contributed by atoms with Crippen molar-refractivity contribution in [1.82, 2.24) is 10.2 Å². The first-order chi connectivity index (χ1) is 8.53. The van der Waals surface area contributed by atoms with E-state index >= 15 is 0 Å². The van der Waals surface area contributed by atoms with Crippen molar-refractivity contribution in [1.29, 1.82) is 0 Å². The Kier molecular flexibility index (Phi) is 4.76. The minimum atomic E-state index is -0.994. The summed E-state index contributed by atoms with van der Waals surface area (Å²) >= 11 is 1.83. The highest BCUT2D eigenvalue weighted by Crippen LogP contribution is 2.29. The highest BCUT2D eigenvalue weighted by molar-refractivity contribution is 8.00. The van der Waals surface area contributed by atoms with Gasteiger partial charge in [0.05, 0.1) is 0 Å². The van der Waals surface area contributed by atoms with Gasteiger partial charge in [0.15, 0.2) is 0 Å². The van der Waals surface area contributed by atoms with Gasteiger partial charge in [-0.05, 0) is 19.3 Å². The van der Waals surface area contributed by atoms with E-state index in [1.165, 1.54) is 0 Å². The van der Waals surface area contributed by atoms with E-state index in [2.05, 4.69) is 19.2 Å². The van der Waals surface area contributed by atoms with Crippen LogP contribution in [-0.2, 0) is 4.79 Å². The fraction of sp³-hybridized carbons (Fsp3) is 0.846. The predicted molar refractivity (Wildman–Crippen MR) is 77.5 cm³/mol. The van der Waals surface area contributed by atoms with E-state index < -0.39 is 17.4 Å². The van der Waals surface area contributed by atoms with Crippen molar-refractivity contribution in [3.63, 3.8) is 0 Å². The number of amides is 2. The maximum Gasteiger partial charge on any atom is 0.326 e. The molecule has 1 rings (SSSR count). The van der Waals surface area contributed by atoms with Crippen LogP contribution in [0.25, 0.3) is 0 Å². The van der Waals surface area contributed by atoms with Crippen LogP contribution in [0, 0.1) is 5.41 Å². The van der Waals surface area contributed by atoms with Crippen molar-refractivity contribution in [2.45, 2.75) is 45.4 Å². The fourth-order valence-corrected chi connectivity index (χ4v) is 3.16. The van der Waals surface area contributed by atoms with E-state index in [4.69, 9.17) is 0 Å². The molecule has 5 nitrogen and oxygen atoms in total. The van der Waals surface area contributed by atoms with Crippen LogP contribution < -0.4 is 5.32 Å². The van der Waals surface area contributed by atoms with E-state index in [1.807, 2.05) is 32.5 Å². The van der Waals surface area contributed by atoms with Crippen LogP contribution in [0.15, 0.2) is 0 Å². The molecule has 2 amide bonds. The lowest BCUT2D eigenvalue weighted by molar-refractivity contribution is -0.142. The second kappa shape index (κ2) is 5.61. The first-order valence-corrected chi connectivity index (χ1v) is 7.44. The number of carbonyl (C=O) groups excluding carboxylic acids is 1. The summed E-state index contributed by atoms with van der Waals surface area (Å²) in [5, 5.41) is 11.9. The maximum absolute atomic E-state index is 12.2. The summed E-state index contributed by atoms with van der Waals surface area (Å²) in [5.41, 5.74) is -0.512. The molecule has 1 aliphatic heterocycles. The number of carbonyl (C=O) groups is 2. The van der Waals surface area contributed by atoms with Crippen molar-refractivity contribution >= 4 is 23.8 Å². The average Bonchev–Trinajstić information content (AvgIpc) is 2.21. The molecule has 6 heteroatoms. The Labute approximate surface area is 119 Å². The number of carboxylic acid groups (broad SMARTS) is 1. The minimum absolute atomic E-state index is 0.0239. The van der Waals surface area contributed by atoms with Gasteiger partial charge in [0.25, 0.3) is 0 Å². The maximum atomic E-state index is 12.2. The predicted octanol–water partition coefficient (Wildman–Crippen LogP) is 2.02. The van der Waals surface area contributed by atoms with Crippen LogP contribution in [0.5, 0.6) is 0 Å². The van der Waals surface area contributed by atoms with E-state index in [1.54, 1.807) is 4.90 Å². The number of nitrogens with zero attached hydrogens (tertiary/aromatic N) is 1. The molecule has 0 aliphatic carbocycles. The number of carboxylic acids is 1. The Morgan fingerprint density at radius 1 is 1.37 bits per heavy atom. The van der Waals surface area contributed by atoms with Crippen molar-refractivity contribution in [3.05, 3.63) is 0 Å². The van der Waals surface area contributed by atoms with Crippen LogP contribution in [0.3, 0.4) is 0 Å². The third-order valence-electron chi connectivity index (χ3n) is 3.09. The van der Waals surface area contributed by atoms with Gasteiger partial charge in [-0.2, -0.15) is 11.8 Å². The second-order valence-electron chi connectivity index (χ2n) is 6.62. The molecule has 19 heavy (non-hydrogen) atoms. The Hall–Kier alpha value is -0.910. The standard InChI is InChI=1S/C13H24N2O3S/c1-12(2,3)9(10(16)17)14-11(18)15-6-7-19-13(4,5)8-15/h9H,6-8H2,1-5H3,(H,14,18)(H,16,17). The summed E-state index contributed by atoms with van der Waals surface area (Å²) < 4.78 is 0.0239. The van der Waals surface area contributed by atoms with Gasteiger partial charge in [0.1, 0.15) is 6.04 Å².